The Morgan fingerprint density at radius 3 is 2.00 bits per heavy atom. The molecule has 2 aromatic carbocycles. The molecule has 1 aromatic heterocycles. The molecule has 250 valence electrons. The van der Waals surface area contributed by atoms with E-state index in [9.17, 15) is 0 Å². The van der Waals surface area contributed by atoms with Gasteiger partial charge in [-0.15, -0.1) is 23.1 Å². The van der Waals surface area contributed by atoms with Crippen LogP contribution in [0, 0.1) is 0 Å². The van der Waals surface area contributed by atoms with Crippen LogP contribution in [0.3, 0.4) is 0 Å². The van der Waals surface area contributed by atoms with Crippen molar-refractivity contribution in [2.45, 2.75) is 114 Å². The van der Waals surface area contributed by atoms with Crippen molar-refractivity contribution in [3.8, 4) is 5.75 Å². The summed E-state index contributed by atoms with van der Waals surface area (Å²) in [5.41, 5.74) is 2.46. The number of methoxy groups -OCH3 is 1. The third-order valence-electron chi connectivity index (χ3n) is 8.44. The van der Waals surface area contributed by atoms with Crippen LogP contribution in [0.5, 0.6) is 5.75 Å². The molecule has 45 heavy (non-hydrogen) atoms. The van der Waals surface area contributed by atoms with Crippen molar-refractivity contribution in [1.29, 1.82) is 0 Å². The molecule has 4 rings (SSSR count). The normalized spacial score (nSPS) is 21.8. The molecule has 0 unspecified atom stereocenters. The highest BCUT2D eigenvalue weighted by Gasteiger charge is 2.49. The lowest BCUT2D eigenvalue weighted by atomic mass is 9.94. The molecule has 7 heteroatoms. The summed E-state index contributed by atoms with van der Waals surface area (Å²) in [6.45, 7) is 12.4. The average molecular weight is 657 g/mol. The Morgan fingerprint density at radius 2 is 1.33 bits per heavy atom. The van der Waals surface area contributed by atoms with Gasteiger partial charge in [0.25, 0.3) is 0 Å². The summed E-state index contributed by atoms with van der Waals surface area (Å²) < 4.78 is 34.0. The van der Waals surface area contributed by atoms with Gasteiger partial charge in [-0.2, -0.15) is 0 Å². The van der Waals surface area contributed by atoms with Crippen molar-refractivity contribution in [3.63, 3.8) is 0 Å². The van der Waals surface area contributed by atoms with E-state index in [-0.39, 0.29) is 28.8 Å². The van der Waals surface area contributed by atoms with E-state index in [1.165, 1.54) is 26.1 Å². The Morgan fingerprint density at radius 1 is 0.689 bits per heavy atom. The molecule has 1 fully saturated rings. The highest BCUT2D eigenvalue weighted by atomic mass is 32.2. The number of benzene rings is 2. The van der Waals surface area contributed by atoms with Gasteiger partial charge in [0.1, 0.15) is 24.1 Å². The minimum Gasteiger partial charge on any atom is -0.496 e. The Bertz CT molecular complexity index is 1210. The molecule has 0 N–H and O–H groups in total. The molecule has 5 atom stereocenters. The minimum atomic E-state index is -0.188. The highest BCUT2D eigenvalue weighted by Crippen LogP contribution is 2.49. The van der Waals surface area contributed by atoms with Gasteiger partial charge in [-0.05, 0) is 54.8 Å². The van der Waals surface area contributed by atoms with Gasteiger partial charge >= 0.3 is 0 Å². The zero-order valence-corrected chi connectivity index (χ0v) is 29.9. The lowest BCUT2D eigenvalue weighted by Crippen LogP contribution is -2.55. The maximum absolute atomic E-state index is 6.84. The van der Waals surface area contributed by atoms with Crippen molar-refractivity contribution >= 4 is 33.2 Å². The van der Waals surface area contributed by atoms with E-state index in [0.717, 1.165) is 76.8 Å². The van der Waals surface area contributed by atoms with Gasteiger partial charge in [0.2, 0.25) is 0 Å². The number of thioether (sulfide) groups is 1. The van der Waals surface area contributed by atoms with Gasteiger partial charge < -0.3 is 23.7 Å². The van der Waals surface area contributed by atoms with Crippen molar-refractivity contribution in [2.75, 3.05) is 40.1 Å². The Labute approximate surface area is 280 Å². The van der Waals surface area contributed by atoms with E-state index in [0.29, 0.717) is 19.8 Å². The molecule has 0 bridgehead atoms. The molecule has 1 aliphatic heterocycles. The molecule has 2 heterocycles. The van der Waals surface area contributed by atoms with E-state index in [1.54, 1.807) is 7.11 Å². The maximum Gasteiger partial charge on any atom is 0.123 e. The van der Waals surface area contributed by atoms with E-state index in [1.807, 2.05) is 23.1 Å². The minimum absolute atomic E-state index is 0.0246. The van der Waals surface area contributed by atoms with Gasteiger partial charge in [0.05, 0.1) is 24.2 Å². The first-order valence-electron chi connectivity index (χ1n) is 17.4. The predicted molar refractivity (Wildman–Crippen MR) is 191 cm³/mol. The second-order valence-corrected chi connectivity index (χ2v) is 14.6. The van der Waals surface area contributed by atoms with Crippen LogP contribution in [0.1, 0.15) is 100 Å². The molecule has 0 amide bonds. The molecular formula is C38H56O5S2. The van der Waals surface area contributed by atoms with Gasteiger partial charge in [0.15, 0.2) is 0 Å². The van der Waals surface area contributed by atoms with Crippen LogP contribution in [0.15, 0.2) is 48.5 Å². The summed E-state index contributed by atoms with van der Waals surface area (Å²) in [4.78, 5) is 1.37. The largest absolute Gasteiger partial charge is 0.496 e. The molecule has 0 spiro atoms. The molecule has 5 nitrogen and oxygen atoms in total. The molecule has 1 saturated heterocycles. The SMILES string of the molecule is CCCCOC[C@H]1S[C@@H](c2cc(Cc3cc4ccccc4s3)ccc2OC)[C@H](OCCCC)[C@@H](OCCCC)[C@@H]1OCCCC. The number of hydrogen-bond acceptors (Lipinski definition) is 7. The van der Waals surface area contributed by atoms with E-state index in [2.05, 4.69) is 76.2 Å². The summed E-state index contributed by atoms with van der Waals surface area (Å²) >= 11 is 3.81. The summed E-state index contributed by atoms with van der Waals surface area (Å²) in [7, 11) is 1.78. The van der Waals surface area contributed by atoms with Crippen LogP contribution in [-0.2, 0) is 25.4 Å². The van der Waals surface area contributed by atoms with Crippen LogP contribution < -0.4 is 4.74 Å². The van der Waals surface area contributed by atoms with E-state index < -0.39 is 0 Å². The number of unbranched alkanes of at least 4 members (excludes halogenated alkanes) is 4. The van der Waals surface area contributed by atoms with Crippen LogP contribution in [-0.4, -0.2) is 63.7 Å². The third-order valence-corrected chi connectivity index (χ3v) is 11.1. The van der Waals surface area contributed by atoms with Crippen molar-refractivity contribution in [2.24, 2.45) is 0 Å². The van der Waals surface area contributed by atoms with Gasteiger partial charge in [-0.25, -0.2) is 0 Å². The molecule has 1 aliphatic rings. The molecule has 0 aliphatic carbocycles. The lowest BCUT2D eigenvalue weighted by molar-refractivity contribution is -0.149. The summed E-state index contributed by atoms with van der Waals surface area (Å²) in [5, 5.41) is 1.46. The Balaban J connectivity index is 1.71. The summed E-state index contributed by atoms with van der Waals surface area (Å²) in [6, 6.07) is 17.7. The molecule has 0 radical (unpaired) electrons. The quantitative estimate of drug-likeness (QED) is 0.106. The molecule has 3 aromatic rings. The second kappa shape index (κ2) is 19.9. The Hall–Kier alpha value is -1.61. The maximum atomic E-state index is 6.84. The second-order valence-electron chi connectivity index (χ2n) is 12.1. The average Bonchev–Trinajstić information content (AvgIpc) is 3.47. The van der Waals surface area contributed by atoms with Crippen molar-refractivity contribution in [3.05, 3.63) is 64.5 Å². The number of hydrogen-bond donors (Lipinski definition) is 0. The lowest BCUT2D eigenvalue weighted by Gasteiger charge is -2.46. The molecule has 0 saturated carbocycles. The monoisotopic (exact) mass is 656 g/mol. The summed E-state index contributed by atoms with van der Waals surface area (Å²) in [6.07, 6.45) is 8.96. The zero-order valence-electron chi connectivity index (χ0n) is 28.3. The molecular weight excluding hydrogens is 601 g/mol. The van der Waals surface area contributed by atoms with Gasteiger partial charge in [-0.3, -0.25) is 0 Å². The number of rotatable bonds is 21. The van der Waals surface area contributed by atoms with Crippen LogP contribution >= 0.6 is 23.1 Å². The van der Waals surface area contributed by atoms with E-state index in [4.69, 9.17) is 23.7 Å². The third kappa shape index (κ3) is 10.4. The smallest absolute Gasteiger partial charge is 0.123 e. The highest BCUT2D eigenvalue weighted by molar-refractivity contribution is 8.00. The first-order valence-corrected chi connectivity index (χ1v) is 19.1. The first kappa shape index (κ1) is 36.2. The Kier molecular flexibility index (Phi) is 16.0. The standard InChI is InChI=1S/C38H56O5S2/c1-6-10-20-40-27-34-35(41-21-11-7-2)36(42-22-12-8-3)37(43-23-13-9-4)38(45-34)31-25-28(18-19-32(31)39-5)24-30-26-29-16-14-15-17-33(29)44-30/h14-19,25-26,34-38H,6-13,20-24,27H2,1-5H3/t34-,35-,36+,37-,38+/m1/s1. The van der Waals surface area contributed by atoms with Crippen LogP contribution in [0.4, 0.5) is 0 Å². The van der Waals surface area contributed by atoms with Gasteiger partial charge in [-0.1, -0.05) is 83.7 Å². The first-order chi connectivity index (χ1) is 22.1. The summed E-state index contributed by atoms with van der Waals surface area (Å²) in [5.74, 6) is 0.903. The van der Waals surface area contributed by atoms with Crippen molar-refractivity contribution < 1.29 is 23.7 Å². The predicted octanol–water partition coefficient (Wildman–Crippen LogP) is 10.0. The topological polar surface area (TPSA) is 46.2 Å². The fourth-order valence-corrected chi connectivity index (χ4v) is 8.61. The number of thiophene rings is 1. The fraction of sp³-hybridized carbons (Fsp3) is 0.632. The van der Waals surface area contributed by atoms with Crippen LogP contribution in [0.2, 0.25) is 0 Å². The van der Waals surface area contributed by atoms with E-state index >= 15 is 0 Å². The van der Waals surface area contributed by atoms with Crippen molar-refractivity contribution in [1.82, 2.24) is 0 Å². The fourth-order valence-electron chi connectivity index (χ4n) is 5.85. The number of ether oxygens (including phenoxy) is 5. The van der Waals surface area contributed by atoms with Crippen LogP contribution in [0.25, 0.3) is 10.1 Å². The van der Waals surface area contributed by atoms with Gasteiger partial charge in [0, 0.05) is 48.0 Å². The number of fused-ring (bicyclic) bond motifs is 1. The zero-order chi connectivity index (χ0) is 31.9.